The van der Waals surface area contributed by atoms with Crippen LogP contribution in [0.3, 0.4) is 0 Å². The number of rotatable bonds is 2. The normalized spacial score (nSPS) is 11.2. The zero-order valence-electron chi connectivity index (χ0n) is 12.2. The van der Waals surface area contributed by atoms with E-state index >= 15 is 0 Å². The summed E-state index contributed by atoms with van der Waals surface area (Å²) in [6.45, 7) is 0. The number of anilines is 1. The number of hydrogen-bond donors (Lipinski definition) is 3. The summed E-state index contributed by atoms with van der Waals surface area (Å²) in [7, 11) is -2.13. The Morgan fingerprint density at radius 2 is 2.09 bits per heavy atom. The van der Waals surface area contributed by atoms with Crippen molar-refractivity contribution in [1.29, 1.82) is 0 Å². The molecule has 116 valence electrons. The van der Waals surface area contributed by atoms with Gasteiger partial charge in [0.1, 0.15) is 17.8 Å². The Balaban J connectivity index is 2.03. The summed E-state index contributed by atoms with van der Waals surface area (Å²) in [6.07, 6.45) is 3.06. The highest BCUT2D eigenvalue weighted by molar-refractivity contribution is 7.89. The standard InChI is InChI=1S/C15H13N5O2S/c1-17-23(21,22)12-4-2-3-10(7-12)5-6-11-8-18-15-13(11)14(16)19-9-20-15/h2-4,7-9,17H,1H3,(H3,16,18,19,20). The Bertz CT molecular complexity index is 1040. The lowest BCUT2D eigenvalue weighted by molar-refractivity contribution is 0.588. The van der Waals surface area contributed by atoms with E-state index in [1.54, 1.807) is 18.3 Å². The van der Waals surface area contributed by atoms with Gasteiger partial charge in [0.15, 0.2) is 0 Å². The van der Waals surface area contributed by atoms with Crippen LogP contribution in [0.4, 0.5) is 5.82 Å². The van der Waals surface area contributed by atoms with Crippen molar-refractivity contribution >= 4 is 26.9 Å². The first-order valence-electron chi connectivity index (χ1n) is 6.64. The van der Waals surface area contributed by atoms with Gasteiger partial charge in [0.2, 0.25) is 10.0 Å². The average Bonchev–Trinajstić information content (AvgIpc) is 2.98. The second-order valence-electron chi connectivity index (χ2n) is 4.67. The molecular formula is C15H13N5O2S. The molecule has 3 aromatic rings. The van der Waals surface area contributed by atoms with Gasteiger partial charge < -0.3 is 10.7 Å². The van der Waals surface area contributed by atoms with Crippen molar-refractivity contribution < 1.29 is 8.42 Å². The number of aromatic amines is 1. The summed E-state index contributed by atoms with van der Waals surface area (Å²) in [5.41, 5.74) is 7.68. The van der Waals surface area contributed by atoms with Crippen LogP contribution in [0, 0.1) is 11.8 Å². The lowest BCUT2D eigenvalue weighted by Crippen LogP contribution is -2.18. The van der Waals surface area contributed by atoms with E-state index < -0.39 is 10.0 Å². The van der Waals surface area contributed by atoms with Crippen molar-refractivity contribution in [3.8, 4) is 11.8 Å². The van der Waals surface area contributed by atoms with Gasteiger partial charge >= 0.3 is 0 Å². The van der Waals surface area contributed by atoms with Gasteiger partial charge in [-0.05, 0) is 25.2 Å². The van der Waals surface area contributed by atoms with Crippen LogP contribution < -0.4 is 10.5 Å². The molecule has 2 heterocycles. The second kappa shape index (κ2) is 5.72. The number of nitrogens with two attached hydrogens (primary N) is 1. The van der Waals surface area contributed by atoms with Crippen LogP contribution in [0.5, 0.6) is 0 Å². The zero-order valence-corrected chi connectivity index (χ0v) is 13.0. The highest BCUT2D eigenvalue weighted by Crippen LogP contribution is 2.20. The molecule has 0 bridgehead atoms. The monoisotopic (exact) mass is 327 g/mol. The van der Waals surface area contributed by atoms with Crippen molar-refractivity contribution in [2.45, 2.75) is 4.90 Å². The van der Waals surface area contributed by atoms with Gasteiger partial charge in [0, 0.05) is 11.8 Å². The molecule has 2 aromatic heterocycles. The topological polar surface area (TPSA) is 114 Å². The molecule has 0 radical (unpaired) electrons. The first-order valence-corrected chi connectivity index (χ1v) is 8.13. The SMILES string of the molecule is CNS(=O)(=O)c1cccc(C#Cc2c[nH]c3ncnc(N)c23)c1. The van der Waals surface area contributed by atoms with Crippen molar-refractivity contribution in [1.82, 2.24) is 19.7 Å². The minimum Gasteiger partial charge on any atom is -0.383 e. The van der Waals surface area contributed by atoms with Crippen LogP contribution in [0.25, 0.3) is 11.0 Å². The fraction of sp³-hybridized carbons (Fsp3) is 0.0667. The molecule has 3 rings (SSSR count). The highest BCUT2D eigenvalue weighted by atomic mass is 32.2. The van der Waals surface area contributed by atoms with Gasteiger partial charge in [-0.3, -0.25) is 0 Å². The highest BCUT2D eigenvalue weighted by Gasteiger charge is 2.11. The molecule has 0 spiro atoms. The summed E-state index contributed by atoms with van der Waals surface area (Å²) in [6, 6.07) is 6.39. The smallest absolute Gasteiger partial charge is 0.240 e. The van der Waals surface area contributed by atoms with Crippen LogP contribution in [0.15, 0.2) is 41.7 Å². The molecule has 1 aromatic carbocycles. The number of H-pyrrole nitrogens is 1. The summed E-state index contributed by atoms with van der Waals surface area (Å²) >= 11 is 0. The van der Waals surface area contributed by atoms with Crippen molar-refractivity contribution in [3.63, 3.8) is 0 Å². The zero-order chi connectivity index (χ0) is 16.4. The van der Waals surface area contributed by atoms with E-state index in [0.29, 0.717) is 28.0 Å². The summed E-state index contributed by atoms with van der Waals surface area (Å²) in [5, 5.41) is 0.652. The Labute approximate surface area is 133 Å². The minimum absolute atomic E-state index is 0.161. The van der Waals surface area contributed by atoms with E-state index in [2.05, 4.69) is 31.5 Å². The Hall–Kier alpha value is -2.89. The number of nitrogen functional groups attached to an aromatic ring is 1. The summed E-state index contributed by atoms with van der Waals surface area (Å²) in [5.74, 6) is 6.23. The van der Waals surface area contributed by atoms with E-state index in [1.807, 2.05) is 0 Å². The average molecular weight is 327 g/mol. The Kier molecular flexibility index (Phi) is 3.73. The molecule has 0 aliphatic carbocycles. The number of benzene rings is 1. The molecule has 0 aliphatic rings. The minimum atomic E-state index is -3.50. The lowest BCUT2D eigenvalue weighted by Gasteiger charge is -2.01. The van der Waals surface area contributed by atoms with Crippen molar-refractivity contribution in [2.75, 3.05) is 12.8 Å². The van der Waals surface area contributed by atoms with Crippen molar-refractivity contribution in [2.24, 2.45) is 0 Å². The third kappa shape index (κ3) is 2.88. The van der Waals surface area contributed by atoms with Gasteiger partial charge in [-0.25, -0.2) is 23.1 Å². The molecule has 0 aliphatic heterocycles. The van der Waals surface area contributed by atoms with Crippen LogP contribution in [0.1, 0.15) is 11.1 Å². The first kappa shape index (κ1) is 15.0. The van der Waals surface area contributed by atoms with E-state index in [-0.39, 0.29) is 4.90 Å². The van der Waals surface area contributed by atoms with Crippen LogP contribution in [-0.4, -0.2) is 30.4 Å². The second-order valence-corrected chi connectivity index (χ2v) is 6.56. The number of nitrogens with zero attached hydrogens (tertiary/aromatic N) is 2. The third-order valence-corrected chi connectivity index (χ3v) is 4.67. The fourth-order valence-corrected chi connectivity index (χ4v) is 2.86. The lowest BCUT2D eigenvalue weighted by atomic mass is 10.2. The molecule has 7 nitrogen and oxygen atoms in total. The summed E-state index contributed by atoms with van der Waals surface area (Å²) < 4.78 is 25.9. The predicted molar refractivity (Wildman–Crippen MR) is 87.0 cm³/mol. The number of nitrogens with one attached hydrogen (secondary N) is 2. The molecule has 0 unspecified atom stereocenters. The molecule has 0 amide bonds. The van der Waals surface area contributed by atoms with Crippen molar-refractivity contribution in [3.05, 3.63) is 47.9 Å². The summed E-state index contributed by atoms with van der Waals surface area (Å²) in [4.78, 5) is 11.1. The van der Waals surface area contributed by atoms with Gasteiger partial charge in [-0.15, -0.1) is 0 Å². The molecule has 4 N–H and O–H groups in total. The first-order chi connectivity index (χ1) is 11.0. The number of aromatic nitrogens is 3. The molecule has 8 heteroatoms. The molecule has 0 saturated heterocycles. The third-order valence-electron chi connectivity index (χ3n) is 3.25. The maximum atomic E-state index is 11.8. The number of fused-ring (bicyclic) bond motifs is 1. The quantitative estimate of drug-likeness (QED) is 0.604. The largest absolute Gasteiger partial charge is 0.383 e. The van der Waals surface area contributed by atoms with Gasteiger partial charge in [0.25, 0.3) is 0 Å². The fourth-order valence-electron chi connectivity index (χ4n) is 2.08. The Morgan fingerprint density at radius 3 is 2.87 bits per heavy atom. The van der Waals surface area contributed by atoms with Gasteiger partial charge in [-0.2, -0.15) is 0 Å². The van der Waals surface area contributed by atoms with Crippen LogP contribution >= 0.6 is 0 Å². The van der Waals surface area contributed by atoms with Gasteiger partial charge in [0.05, 0.1) is 15.8 Å². The maximum Gasteiger partial charge on any atom is 0.240 e. The number of hydrogen-bond acceptors (Lipinski definition) is 5. The predicted octanol–water partition coefficient (Wildman–Crippen LogP) is 0.848. The maximum absolute atomic E-state index is 11.8. The number of sulfonamides is 1. The van der Waals surface area contributed by atoms with Gasteiger partial charge in [-0.1, -0.05) is 17.9 Å². The van der Waals surface area contributed by atoms with E-state index in [0.717, 1.165) is 0 Å². The van der Waals surface area contributed by atoms with E-state index in [4.69, 9.17) is 5.73 Å². The van der Waals surface area contributed by atoms with Crippen LogP contribution in [-0.2, 0) is 10.0 Å². The van der Waals surface area contributed by atoms with E-state index in [9.17, 15) is 8.42 Å². The molecule has 23 heavy (non-hydrogen) atoms. The van der Waals surface area contributed by atoms with Crippen LogP contribution in [0.2, 0.25) is 0 Å². The molecule has 0 saturated carbocycles. The van der Waals surface area contributed by atoms with E-state index in [1.165, 1.54) is 25.5 Å². The molecule has 0 fully saturated rings. The molecular weight excluding hydrogens is 314 g/mol. The Morgan fingerprint density at radius 1 is 1.26 bits per heavy atom. The molecule has 0 atom stereocenters.